The monoisotopic (exact) mass is 192 g/mol. The average Bonchev–Trinajstić information content (AvgIpc) is 2.53. The molecule has 2 heterocycles. The van der Waals surface area contributed by atoms with Crippen LogP contribution in [0.5, 0.6) is 0 Å². The summed E-state index contributed by atoms with van der Waals surface area (Å²) in [6, 6.07) is 0. The van der Waals surface area contributed by atoms with Crippen molar-refractivity contribution in [3.05, 3.63) is 23.6 Å². The lowest BCUT2D eigenvalue weighted by Gasteiger charge is -1.97. The van der Waals surface area contributed by atoms with Crippen molar-refractivity contribution in [3.63, 3.8) is 0 Å². The first kappa shape index (κ1) is 8.12. The van der Waals surface area contributed by atoms with Gasteiger partial charge in [-0.3, -0.25) is 0 Å². The number of aromatic nitrogens is 3. The minimum absolute atomic E-state index is 0.567. The molecule has 2 rings (SSSR count). The van der Waals surface area contributed by atoms with Crippen LogP contribution in [0.25, 0.3) is 10.7 Å². The van der Waals surface area contributed by atoms with Gasteiger partial charge >= 0.3 is 0 Å². The number of hydrogen-bond donors (Lipinski definition) is 1. The largest absolute Gasteiger partial charge is 0.396 e. The van der Waals surface area contributed by atoms with E-state index in [2.05, 4.69) is 15.0 Å². The van der Waals surface area contributed by atoms with Crippen molar-refractivity contribution >= 4 is 17.0 Å². The van der Waals surface area contributed by atoms with Crippen molar-refractivity contribution in [3.8, 4) is 10.7 Å². The standard InChI is InChI=1S/C8H8N4S/c1-5-3-13-8(12-5)7-6(9)2-10-4-11-7/h2-4H,9H2,1H3. The molecule has 0 unspecified atom stereocenters. The lowest BCUT2D eigenvalue weighted by Crippen LogP contribution is -1.93. The predicted octanol–water partition coefficient (Wildman–Crippen LogP) is 1.49. The first-order valence-electron chi connectivity index (χ1n) is 3.75. The molecule has 0 saturated heterocycles. The summed E-state index contributed by atoms with van der Waals surface area (Å²) in [4.78, 5) is 12.2. The van der Waals surface area contributed by atoms with E-state index in [1.54, 1.807) is 6.20 Å². The molecule has 0 fully saturated rings. The van der Waals surface area contributed by atoms with Gasteiger partial charge in [-0.05, 0) is 6.92 Å². The minimum Gasteiger partial charge on any atom is -0.396 e. The topological polar surface area (TPSA) is 64.7 Å². The Hall–Kier alpha value is -1.49. The molecule has 2 aromatic heterocycles. The molecule has 2 aromatic rings. The van der Waals surface area contributed by atoms with Gasteiger partial charge in [-0.25, -0.2) is 15.0 Å². The van der Waals surface area contributed by atoms with Gasteiger partial charge in [0.05, 0.1) is 11.9 Å². The molecule has 5 heteroatoms. The third-order valence-corrected chi connectivity index (χ3v) is 2.53. The van der Waals surface area contributed by atoms with Crippen LogP contribution in [-0.2, 0) is 0 Å². The summed E-state index contributed by atoms with van der Waals surface area (Å²) < 4.78 is 0. The molecule has 0 atom stereocenters. The van der Waals surface area contributed by atoms with Crippen LogP contribution in [0, 0.1) is 6.92 Å². The third-order valence-electron chi connectivity index (χ3n) is 1.56. The van der Waals surface area contributed by atoms with Crippen LogP contribution in [0.1, 0.15) is 5.69 Å². The van der Waals surface area contributed by atoms with Crippen LogP contribution < -0.4 is 5.73 Å². The van der Waals surface area contributed by atoms with Gasteiger partial charge in [0.2, 0.25) is 0 Å². The SMILES string of the molecule is Cc1csc(-c2ncncc2N)n1. The molecular formula is C8H8N4S. The summed E-state index contributed by atoms with van der Waals surface area (Å²) >= 11 is 1.54. The number of nitrogens with two attached hydrogens (primary N) is 1. The van der Waals surface area contributed by atoms with Crippen molar-refractivity contribution < 1.29 is 0 Å². The number of thiazole rings is 1. The maximum absolute atomic E-state index is 5.70. The van der Waals surface area contributed by atoms with E-state index in [9.17, 15) is 0 Å². The smallest absolute Gasteiger partial charge is 0.144 e. The zero-order valence-corrected chi connectivity index (χ0v) is 7.88. The van der Waals surface area contributed by atoms with E-state index in [0.717, 1.165) is 10.7 Å². The molecule has 0 aliphatic rings. The predicted molar refractivity (Wildman–Crippen MR) is 52.3 cm³/mol. The lowest BCUT2D eigenvalue weighted by molar-refractivity contribution is 1.16. The number of rotatable bonds is 1. The minimum atomic E-state index is 0.567. The lowest BCUT2D eigenvalue weighted by atomic mass is 10.3. The maximum Gasteiger partial charge on any atom is 0.144 e. The molecule has 0 spiro atoms. The number of aryl methyl sites for hydroxylation is 1. The second-order valence-corrected chi connectivity index (χ2v) is 3.48. The first-order chi connectivity index (χ1) is 6.27. The zero-order valence-electron chi connectivity index (χ0n) is 7.06. The van der Waals surface area contributed by atoms with Gasteiger partial charge in [0.1, 0.15) is 17.0 Å². The normalized spacial score (nSPS) is 10.2. The Morgan fingerprint density at radius 1 is 1.46 bits per heavy atom. The number of hydrogen-bond acceptors (Lipinski definition) is 5. The van der Waals surface area contributed by atoms with Crippen LogP contribution in [0.15, 0.2) is 17.9 Å². The number of nitrogen functional groups attached to an aromatic ring is 1. The Labute approximate surface area is 79.5 Å². The fourth-order valence-corrected chi connectivity index (χ4v) is 1.80. The van der Waals surface area contributed by atoms with Gasteiger partial charge in [0, 0.05) is 11.1 Å². The van der Waals surface area contributed by atoms with Crippen molar-refractivity contribution in [2.45, 2.75) is 6.92 Å². The van der Waals surface area contributed by atoms with Crippen LogP contribution in [0.2, 0.25) is 0 Å². The van der Waals surface area contributed by atoms with E-state index in [1.807, 2.05) is 12.3 Å². The quantitative estimate of drug-likeness (QED) is 0.743. The van der Waals surface area contributed by atoms with Gasteiger partial charge < -0.3 is 5.73 Å². The van der Waals surface area contributed by atoms with Crippen molar-refractivity contribution in [2.75, 3.05) is 5.73 Å². The highest BCUT2D eigenvalue weighted by Gasteiger charge is 2.06. The Morgan fingerprint density at radius 3 is 2.92 bits per heavy atom. The molecule has 0 radical (unpaired) electrons. The molecule has 0 saturated carbocycles. The third kappa shape index (κ3) is 1.50. The van der Waals surface area contributed by atoms with E-state index < -0.39 is 0 Å². The molecule has 0 amide bonds. The first-order valence-corrected chi connectivity index (χ1v) is 4.63. The molecule has 2 N–H and O–H groups in total. The summed E-state index contributed by atoms with van der Waals surface area (Å²) in [6.45, 7) is 1.94. The van der Waals surface area contributed by atoms with Crippen molar-refractivity contribution in [2.24, 2.45) is 0 Å². The Morgan fingerprint density at radius 2 is 2.31 bits per heavy atom. The summed E-state index contributed by atoms with van der Waals surface area (Å²) in [7, 11) is 0. The van der Waals surface area contributed by atoms with Crippen LogP contribution >= 0.6 is 11.3 Å². The van der Waals surface area contributed by atoms with E-state index in [0.29, 0.717) is 11.4 Å². The Kier molecular flexibility index (Phi) is 1.94. The second kappa shape index (κ2) is 3.10. The van der Waals surface area contributed by atoms with Gasteiger partial charge in [-0.1, -0.05) is 0 Å². The summed E-state index contributed by atoms with van der Waals surface area (Å²) in [5, 5.41) is 2.81. The highest BCUT2D eigenvalue weighted by Crippen LogP contribution is 2.25. The van der Waals surface area contributed by atoms with Crippen molar-refractivity contribution in [1.82, 2.24) is 15.0 Å². The van der Waals surface area contributed by atoms with Crippen LogP contribution in [0.3, 0.4) is 0 Å². The van der Waals surface area contributed by atoms with E-state index in [4.69, 9.17) is 5.73 Å². The van der Waals surface area contributed by atoms with Gasteiger partial charge in [0.25, 0.3) is 0 Å². The van der Waals surface area contributed by atoms with Crippen LogP contribution in [0.4, 0.5) is 5.69 Å². The summed E-state index contributed by atoms with van der Waals surface area (Å²) in [5.74, 6) is 0. The van der Waals surface area contributed by atoms with Crippen LogP contribution in [-0.4, -0.2) is 15.0 Å². The van der Waals surface area contributed by atoms with E-state index >= 15 is 0 Å². The Balaban J connectivity index is 2.52. The van der Waals surface area contributed by atoms with E-state index in [1.165, 1.54) is 17.7 Å². The fraction of sp³-hybridized carbons (Fsp3) is 0.125. The van der Waals surface area contributed by atoms with Gasteiger partial charge in [-0.15, -0.1) is 11.3 Å². The molecule has 66 valence electrons. The van der Waals surface area contributed by atoms with Gasteiger partial charge in [-0.2, -0.15) is 0 Å². The summed E-state index contributed by atoms with van der Waals surface area (Å²) in [6.07, 6.45) is 3.06. The molecule has 0 bridgehead atoms. The highest BCUT2D eigenvalue weighted by molar-refractivity contribution is 7.13. The molecule has 13 heavy (non-hydrogen) atoms. The molecular weight excluding hydrogens is 184 g/mol. The average molecular weight is 192 g/mol. The highest BCUT2D eigenvalue weighted by atomic mass is 32.1. The maximum atomic E-state index is 5.70. The number of anilines is 1. The molecule has 0 aliphatic carbocycles. The Bertz CT molecular complexity index is 424. The second-order valence-electron chi connectivity index (χ2n) is 2.62. The van der Waals surface area contributed by atoms with Gasteiger partial charge in [0.15, 0.2) is 0 Å². The number of nitrogens with zero attached hydrogens (tertiary/aromatic N) is 3. The summed E-state index contributed by atoms with van der Waals surface area (Å²) in [5.41, 5.74) is 7.97. The zero-order chi connectivity index (χ0) is 9.26. The van der Waals surface area contributed by atoms with E-state index in [-0.39, 0.29) is 0 Å². The fourth-order valence-electron chi connectivity index (χ4n) is 0.982. The molecule has 0 aromatic carbocycles. The molecule has 0 aliphatic heterocycles. The van der Waals surface area contributed by atoms with Crippen molar-refractivity contribution in [1.29, 1.82) is 0 Å². The molecule has 4 nitrogen and oxygen atoms in total.